The third-order valence-electron chi connectivity index (χ3n) is 3.38. The lowest BCUT2D eigenvalue weighted by atomic mass is 10.0. The second-order valence-electron chi connectivity index (χ2n) is 4.83. The lowest BCUT2D eigenvalue weighted by molar-refractivity contribution is 0.0683. The van der Waals surface area contributed by atoms with Crippen molar-refractivity contribution in [3.63, 3.8) is 0 Å². The number of aryl methyl sites for hydroxylation is 1. The molecule has 1 saturated heterocycles. The molecular weight excluding hydrogens is 230 g/mol. The van der Waals surface area contributed by atoms with E-state index in [1.54, 1.807) is 0 Å². The van der Waals surface area contributed by atoms with Crippen molar-refractivity contribution >= 4 is 0 Å². The average Bonchev–Trinajstić information content (AvgIpc) is 2.87. The second-order valence-corrected chi connectivity index (χ2v) is 4.83. The van der Waals surface area contributed by atoms with Gasteiger partial charge in [-0.3, -0.25) is 0 Å². The Bertz CT molecular complexity index is 348. The number of nitrogens with zero attached hydrogens (tertiary/aromatic N) is 2. The number of hydrogen-bond donors (Lipinski definition) is 1. The zero-order valence-corrected chi connectivity index (χ0v) is 11.3. The van der Waals surface area contributed by atoms with Gasteiger partial charge in [-0.1, -0.05) is 11.6 Å². The van der Waals surface area contributed by atoms with Gasteiger partial charge in [0.1, 0.15) is 6.10 Å². The fourth-order valence-electron chi connectivity index (χ4n) is 2.33. The first kappa shape index (κ1) is 13.5. The summed E-state index contributed by atoms with van der Waals surface area (Å²) in [4.78, 5) is 4.38. The van der Waals surface area contributed by atoms with Crippen LogP contribution in [0.5, 0.6) is 0 Å². The molecule has 2 atom stereocenters. The Morgan fingerprint density at radius 1 is 1.50 bits per heavy atom. The predicted octanol–water partition coefficient (Wildman–Crippen LogP) is 2.24. The molecule has 1 aliphatic heterocycles. The molecule has 2 unspecified atom stereocenters. The molecule has 0 amide bonds. The summed E-state index contributed by atoms with van der Waals surface area (Å²) in [6, 6.07) is 0.610. The molecule has 1 aromatic rings. The minimum absolute atomic E-state index is 0.0831. The van der Waals surface area contributed by atoms with Crippen molar-refractivity contribution in [1.82, 2.24) is 15.5 Å². The Morgan fingerprint density at radius 2 is 2.39 bits per heavy atom. The van der Waals surface area contributed by atoms with E-state index in [1.165, 1.54) is 19.3 Å². The molecule has 102 valence electrons. The van der Waals surface area contributed by atoms with E-state index in [-0.39, 0.29) is 6.10 Å². The van der Waals surface area contributed by atoms with Crippen molar-refractivity contribution in [3.8, 4) is 0 Å². The highest BCUT2D eigenvalue weighted by atomic mass is 16.5. The van der Waals surface area contributed by atoms with Gasteiger partial charge >= 0.3 is 0 Å². The van der Waals surface area contributed by atoms with Gasteiger partial charge in [-0.15, -0.1) is 0 Å². The molecule has 1 fully saturated rings. The normalized spacial score (nSPS) is 22.0. The van der Waals surface area contributed by atoms with E-state index in [2.05, 4.69) is 15.5 Å². The van der Waals surface area contributed by atoms with Crippen LogP contribution in [0.15, 0.2) is 4.52 Å². The molecule has 5 nitrogen and oxygen atoms in total. The van der Waals surface area contributed by atoms with Crippen molar-refractivity contribution in [1.29, 1.82) is 0 Å². The van der Waals surface area contributed by atoms with Gasteiger partial charge in [0.15, 0.2) is 5.82 Å². The Labute approximate surface area is 108 Å². The van der Waals surface area contributed by atoms with E-state index in [4.69, 9.17) is 9.26 Å². The molecule has 0 aliphatic carbocycles. The maximum atomic E-state index is 5.44. The molecule has 18 heavy (non-hydrogen) atoms. The summed E-state index contributed by atoms with van der Waals surface area (Å²) in [5.74, 6) is 1.38. The van der Waals surface area contributed by atoms with Crippen molar-refractivity contribution in [3.05, 3.63) is 11.7 Å². The first-order chi connectivity index (χ1) is 8.79. The van der Waals surface area contributed by atoms with E-state index in [1.807, 2.05) is 13.8 Å². The Kier molecular flexibility index (Phi) is 5.13. The van der Waals surface area contributed by atoms with Gasteiger partial charge in [-0.25, -0.2) is 0 Å². The van der Waals surface area contributed by atoms with Crippen LogP contribution in [0, 0.1) is 0 Å². The number of rotatable bonds is 6. The van der Waals surface area contributed by atoms with E-state index in [9.17, 15) is 0 Å². The first-order valence-electron chi connectivity index (χ1n) is 6.97. The van der Waals surface area contributed by atoms with Crippen molar-refractivity contribution in [2.45, 2.75) is 58.1 Å². The van der Waals surface area contributed by atoms with E-state index >= 15 is 0 Å². The Balaban J connectivity index is 1.79. The highest BCUT2D eigenvalue weighted by Gasteiger charge is 2.16. The van der Waals surface area contributed by atoms with Crippen LogP contribution in [0.1, 0.15) is 57.3 Å². The topological polar surface area (TPSA) is 60.2 Å². The summed E-state index contributed by atoms with van der Waals surface area (Å²) < 4.78 is 10.7. The summed E-state index contributed by atoms with van der Waals surface area (Å²) in [6.45, 7) is 5.71. The maximum Gasteiger partial charge on any atom is 0.226 e. The van der Waals surface area contributed by atoms with E-state index in [0.717, 1.165) is 25.3 Å². The molecule has 0 saturated carbocycles. The smallest absolute Gasteiger partial charge is 0.226 e. The minimum atomic E-state index is -0.0831. The van der Waals surface area contributed by atoms with Gasteiger partial charge in [0.05, 0.1) is 0 Å². The lowest BCUT2D eigenvalue weighted by Crippen LogP contribution is -2.34. The third kappa shape index (κ3) is 3.78. The monoisotopic (exact) mass is 253 g/mol. The van der Waals surface area contributed by atoms with Crippen LogP contribution in [0.3, 0.4) is 0 Å². The van der Waals surface area contributed by atoms with Gasteiger partial charge in [-0.05, 0) is 39.7 Å². The summed E-state index contributed by atoms with van der Waals surface area (Å²) in [6.07, 6.45) is 5.73. The zero-order valence-electron chi connectivity index (χ0n) is 11.3. The Hall–Kier alpha value is -0.940. The summed E-state index contributed by atoms with van der Waals surface area (Å²) in [5, 5.41) is 7.49. The number of aromatic nitrogens is 2. The van der Waals surface area contributed by atoms with Gasteiger partial charge in [-0.2, -0.15) is 4.98 Å². The van der Waals surface area contributed by atoms with Crippen LogP contribution in [0.4, 0.5) is 0 Å². The maximum absolute atomic E-state index is 5.44. The molecule has 5 heteroatoms. The second kappa shape index (κ2) is 6.85. The standard InChI is InChI=1S/C13H23N3O2/c1-3-17-10(2)13-15-12(18-16-13)8-7-11-6-4-5-9-14-11/h10-11,14H,3-9H2,1-2H3. The highest BCUT2D eigenvalue weighted by molar-refractivity contribution is 4.91. The molecule has 1 aliphatic rings. The zero-order chi connectivity index (χ0) is 12.8. The fourth-order valence-corrected chi connectivity index (χ4v) is 2.33. The molecule has 2 heterocycles. The predicted molar refractivity (Wildman–Crippen MR) is 68.3 cm³/mol. The molecule has 0 radical (unpaired) electrons. The van der Waals surface area contributed by atoms with Gasteiger partial charge in [0.2, 0.25) is 5.89 Å². The fraction of sp³-hybridized carbons (Fsp3) is 0.846. The lowest BCUT2D eigenvalue weighted by Gasteiger charge is -2.22. The minimum Gasteiger partial charge on any atom is -0.371 e. The first-order valence-corrected chi connectivity index (χ1v) is 6.97. The molecule has 1 N–H and O–H groups in total. The van der Waals surface area contributed by atoms with E-state index < -0.39 is 0 Å². The molecule has 0 bridgehead atoms. The van der Waals surface area contributed by atoms with Crippen LogP contribution >= 0.6 is 0 Å². The van der Waals surface area contributed by atoms with Crippen LogP contribution in [-0.2, 0) is 11.2 Å². The molecule has 0 aromatic carbocycles. The van der Waals surface area contributed by atoms with Crippen LogP contribution in [-0.4, -0.2) is 29.3 Å². The SMILES string of the molecule is CCOC(C)c1noc(CCC2CCCCN2)n1. The summed E-state index contributed by atoms with van der Waals surface area (Å²) >= 11 is 0. The third-order valence-corrected chi connectivity index (χ3v) is 3.38. The molecule has 0 spiro atoms. The van der Waals surface area contributed by atoms with Crippen molar-refractivity contribution in [2.75, 3.05) is 13.2 Å². The number of hydrogen-bond acceptors (Lipinski definition) is 5. The number of piperidine rings is 1. The summed E-state index contributed by atoms with van der Waals surface area (Å²) in [5.41, 5.74) is 0. The van der Waals surface area contributed by atoms with Crippen molar-refractivity contribution < 1.29 is 9.26 Å². The van der Waals surface area contributed by atoms with Crippen LogP contribution in [0.25, 0.3) is 0 Å². The number of nitrogens with one attached hydrogen (secondary N) is 1. The van der Waals surface area contributed by atoms with Crippen LogP contribution in [0.2, 0.25) is 0 Å². The quantitative estimate of drug-likeness (QED) is 0.842. The average molecular weight is 253 g/mol. The van der Waals surface area contributed by atoms with E-state index in [0.29, 0.717) is 18.5 Å². The van der Waals surface area contributed by atoms with Gasteiger partial charge < -0.3 is 14.6 Å². The Morgan fingerprint density at radius 3 is 3.11 bits per heavy atom. The molecule has 2 rings (SSSR count). The largest absolute Gasteiger partial charge is 0.371 e. The molecular formula is C13H23N3O2. The van der Waals surface area contributed by atoms with Crippen molar-refractivity contribution in [2.24, 2.45) is 0 Å². The number of ether oxygens (including phenoxy) is 1. The molecule has 1 aromatic heterocycles. The van der Waals surface area contributed by atoms with Crippen LogP contribution < -0.4 is 5.32 Å². The summed E-state index contributed by atoms with van der Waals surface area (Å²) in [7, 11) is 0. The van der Waals surface area contributed by atoms with Gasteiger partial charge in [0.25, 0.3) is 0 Å². The highest BCUT2D eigenvalue weighted by Crippen LogP contribution is 2.15. The van der Waals surface area contributed by atoms with Gasteiger partial charge in [0, 0.05) is 19.1 Å².